The highest BCUT2D eigenvalue weighted by Crippen LogP contribution is 2.34. The Morgan fingerprint density at radius 1 is 1.29 bits per heavy atom. The molecule has 0 aromatic carbocycles. The molecule has 0 N–H and O–H groups in total. The summed E-state index contributed by atoms with van der Waals surface area (Å²) in [4.78, 5) is 23.2. The first kappa shape index (κ1) is 12.4. The quantitative estimate of drug-likeness (QED) is 0.681. The molecule has 3 heterocycles. The molecule has 1 aliphatic rings. The second kappa shape index (κ2) is 4.89. The lowest BCUT2D eigenvalue weighted by molar-refractivity contribution is 0.816. The van der Waals surface area contributed by atoms with Crippen LogP contribution >= 0.6 is 11.3 Å². The molecule has 1 aliphatic carbocycles. The highest BCUT2D eigenvalue weighted by Gasteiger charge is 2.21. The number of pyridine rings is 1. The number of thiophene rings is 1. The Kier molecular flexibility index (Phi) is 2.89. The predicted octanol–water partition coefficient (Wildman–Crippen LogP) is 2.22. The molecule has 3 aromatic rings. The number of hydrogen-bond acceptors (Lipinski definition) is 5. The van der Waals surface area contributed by atoms with Crippen LogP contribution in [0.1, 0.15) is 22.6 Å². The van der Waals surface area contributed by atoms with Crippen LogP contribution in [0.3, 0.4) is 0 Å². The summed E-state index contributed by atoms with van der Waals surface area (Å²) < 4.78 is 1.29. The number of aromatic nitrogens is 3. The fourth-order valence-electron chi connectivity index (χ4n) is 2.63. The van der Waals surface area contributed by atoms with Crippen molar-refractivity contribution in [2.24, 2.45) is 5.10 Å². The summed E-state index contributed by atoms with van der Waals surface area (Å²) >= 11 is 1.64. The largest absolute Gasteiger partial charge is 0.282 e. The van der Waals surface area contributed by atoms with Crippen LogP contribution in [0.15, 0.2) is 40.6 Å². The summed E-state index contributed by atoms with van der Waals surface area (Å²) in [5, 5.41) is 4.93. The van der Waals surface area contributed by atoms with E-state index in [0.717, 1.165) is 29.5 Å². The van der Waals surface area contributed by atoms with Crippen LogP contribution in [0.4, 0.5) is 0 Å². The molecule has 0 saturated heterocycles. The lowest BCUT2D eigenvalue weighted by atomic mass is 10.2. The number of fused-ring (bicyclic) bond motifs is 3. The average molecular weight is 296 g/mol. The van der Waals surface area contributed by atoms with E-state index in [1.165, 1.54) is 21.4 Å². The number of nitrogens with zero attached hydrogens (tertiary/aromatic N) is 4. The SMILES string of the molecule is O=c1c2c3c(sc2ncn1/N=C\c1ccccn1)CCC3. The number of hydrogen-bond donors (Lipinski definition) is 0. The van der Waals surface area contributed by atoms with Gasteiger partial charge in [-0.05, 0) is 37.0 Å². The molecule has 0 saturated carbocycles. The van der Waals surface area contributed by atoms with Gasteiger partial charge in [0.15, 0.2) is 0 Å². The van der Waals surface area contributed by atoms with E-state index >= 15 is 0 Å². The van der Waals surface area contributed by atoms with Gasteiger partial charge in [-0.3, -0.25) is 9.78 Å². The molecule has 0 atom stereocenters. The van der Waals surface area contributed by atoms with E-state index < -0.39 is 0 Å². The minimum absolute atomic E-state index is 0.0911. The van der Waals surface area contributed by atoms with Gasteiger partial charge in [0.05, 0.1) is 17.3 Å². The van der Waals surface area contributed by atoms with Gasteiger partial charge in [-0.1, -0.05) is 6.07 Å². The van der Waals surface area contributed by atoms with Crippen molar-refractivity contribution in [1.29, 1.82) is 0 Å². The number of rotatable bonds is 2. The standard InChI is InChI=1S/C15H12N4OS/c20-15-13-11-5-3-6-12(11)21-14(13)17-9-19(15)18-8-10-4-1-2-7-16-10/h1-2,4,7-9H,3,5-6H2/b18-8-. The molecule has 3 aromatic heterocycles. The zero-order valence-electron chi connectivity index (χ0n) is 11.2. The van der Waals surface area contributed by atoms with Gasteiger partial charge in [0, 0.05) is 11.1 Å². The van der Waals surface area contributed by atoms with Crippen molar-refractivity contribution in [2.75, 3.05) is 0 Å². The van der Waals surface area contributed by atoms with Gasteiger partial charge in [-0.25, -0.2) is 4.98 Å². The second-order valence-electron chi connectivity index (χ2n) is 4.93. The Bertz CT molecular complexity index is 895. The lowest BCUT2D eigenvalue weighted by Gasteiger charge is -1.98. The Labute approximate surface area is 124 Å². The summed E-state index contributed by atoms with van der Waals surface area (Å²) in [6, 6.07) is 5.55. The molecule has 0 radical (unpaired) electrons. The molecule has 0 aliphatic heterocycles. The Morgan fingerprint density at radius 2 is 2.24 bits per heavy atom. The maximum Gasteiger partial charge on any atom is 0.282 e. The number of aryl methyl sites for hydroxylation is 2. The van der Waals surface area contributed by atoms with Gasteiger partial charge >= 0.3 is 0 Å². The Hall–Kier alpha value is -2.34. The minimum atomic E-state index is -0.0911. The van der Waals surface area contributed by atoms with E-state index in [-0.39, 0.29) is 5.56 Å². The van der Waals surface area contributed by atoms with Crippen LogP contribution in [0.5, 0.6) is 0 Å². The van der Waals surface area contributed by atoms with Crippen LogP contribution in [0.25, 0.3) is 10.2 Å². The normalized spacial score (nSPS) is 14.1. The van der Waals surface area contributed by atoms with E-state index in [1.54, 1.807) is 23.7 Å². The smallest absolute Gasteiger partial charge is 0.267 e. The molecular formula is C15H12N4OS. The van der Waals surface area contributed by atoms with Gasteiger partial charge in [-0.15, -0.1) is 11.3 Å². The molecule has 0 unspecified atom stereocenters. The van der Waals surface area contributed by atoms with E-state index in [4.69, 9.17) is 0 Å². The lowest BCUT2D eigenvalue weighted by Crippen LogP contribution is -2.17. The van der Waals surface area contributed by atoms with E-state index in [2.05, 4.69) is 15.1 Å². The van der Waals surface area contributed by atoms with Crippen LogP contribution in [0.2, 0.25) is 0 Å². The van der Waals surface area contributed by atoms with Gasteiger partial charge in [-0.2, -0.15) is 9.78 Å². The highest BCUT2D eigenvalue weighted by atomic mass is 32.1. The average Bonchev–Trinajstić information content (AvgIpc) is 3.08. The van der Waals surface area contributed by atoms with Gasteiger partial charge in [0.25, 0.3) is 5.56 Å². The molecule has 6 heteroatoms. The van der Waals surface area contributed by atoms with E-state index in [0.29, 0.717) is 5.69 Å². The second-order valence-corrected chi connectivity index (χ2v) is 6.01. The minimum Gasteiger partial charge on any atom is -0.267 e. The molecule has 5 nitrogen and oxygen atoms in total. The van der Waals surface area contributed by atoms with Gasteiger partial charge in [0.1, 0.15) is 11.2 Å². The third-order valence-electron chi connectivity index (χ3n) is 3.61. The van der Waals surface area contributed by atoms with E-state index in [1.807, 2.05) is 18.2 Å². The summed E-state index contributed by atoms with van der Waals surface area (Å²) in [6.07, 6.45) is 7.91. The predicted molar refractivity (Wildman–Crippen MR) is 83.1 cm³/mol. The first-order valence-electron chi connectivity index (χ1n) is 6.80. The van der Waals surface area contributed by atoms with Crippen LogP contribution in [-0.4, -0.2) is 20.9 Å². The fourth-order valence-corrected chi connectivity index (χ4v) is 3.85. The first-order chi connectivity index (χ1) is 10.3. The highest BCUT2D eigenvalue weighted by molar-refractivity contribution is 7.18. The summed E-state index contributed by atoms with van der Waals surface area (Å²) in [5.41, 5.74) is 1.79. The van der Waals surface area contributed by atoms with Crippen LogP contribution in [-0.2, 0) is 12.8 Å². The fraction of sp³-hybridized carbons (Fsp3) is 0.200. The topological polar surface area (TPSA) is 60.1 Å². The molecule has 0 amide bonds. The summed E-state index contributed by atoms with van der Waals surface area (Å²) in [5.74, 6) is 0. The van der Waals surface area contributed by atoms with E-state index in [9.17, 15) is 4.79 Å². The Balaban J connectivity index is 1.82. The molecule has 0 bridgehead atoms. The summed E-state index contributed by atoms with van der Waals surface area (Å²) in [6.45, 7) is 0. The zero-order valence-corrected chi connectivity index (χ0v) is 12.0. The molecule has 104 valence electrons. The van der Waals surface area contributed by atoms with Crippen molar-refractivity contribution >= 4 is 27.8 Å². The van der Waals surface area contributed by atoms with Gasteiger partial charge < -0.3 is 0 Å². The van der Waals surface area contributed by atoms with Crippen LogP contribution in [0, 0.1) is 0 Å². The molecule has 0 spiro atoms. The van der Waals surface area contributed by atoms with Crippen molar-refractivity contribution < 1.29 is 0 Å². The maximum absolute atomic E-state index is 12.6. The van der Waals surface area contributed by atoms with Crippen molar-refractivity contribution in [2.45, 2.75) is 19.3 Å². The third-order valence-corrected chi connectivity index (χ3v) is 4.81. The maximum atomic E-state index is 12.6. The van der Waals surface area contributed by atoms with Gasteiger partial charge in [0.2, 0.25) is 0 Å². The molecule has 0 fully saturated rings. The zero-order chi connectivity index (χ0) is 14.2. The van der Waals surface area contributed by atoms with Crippen molar-refractivity contribution in [3.05, 3.63) is 57.2 Å². The van der Waals surface area contributed by atoms with Crippen LogP contribution < -0.4 is 5.56 Å². The third kappa shape index (κ3) is 2.08. The van der Waals surface area contributed by atoms with Crippen molar-refractivity contribution in [3.8, 4) is 0 Å². The van der Waals surface area contributed by atoms with Crippen molar-refractivity contribution in [3.63, 3.8) is 0 Å². The molecule has 4 rings (SSSR count). The molecular weight excluding hydrogens is 284 g/mol. The molecule has 21 heavy (non-hydrogen) atoms. The Morgan fingerprint density at radius 3 is 3.10 bits per heavy atom. The summed E-state index contributed by atoms with van der Waals surface area (Å²) in [7, 11) is 0. The first-order valence-corrected chi connectivity index (χ1v) is 7.62. The van der Waals surface area contributed by atoms with Crippen molar-refractivity contribution in [1.82, 2.24) is 14.6 Å². The monoisotopic (exact) mass is 296 g/mol.